The predicted octanol–water partition coefficient (Wildman–Crippen LogP) is 4.56. The minimum absolute atomic E-state index is 0.204. The number of ether oxygens (including phenoxy) is 2. The monoisotopic (exact) mass is 294 g/mol. The lowest BCUT2D eigenvalue weighted by Crippen LogP contribution is -2.01. The van der Waals surface area contributed by atoms with Crippen LogP contribution in [-0.4, -0.2) is 13.7 Å². The Morgan fingerprint density at radius 3 is 2.55 bits per heavy atom. The standard InChI is InChI=1S/C16H16ClFO2/c1-3-20-14-7-5-4-6-12(14)16(17)11-8-9-15(19-2)13(18)10-11/h4-10,16H,3H2,1-2H3. The molecule has 0 aliphatic heterocycles. The zero-order valence-electron chi connectivity index (χ0n) is 11.4. The van der Waals surface area contributed by atoms with Crippen LogP contribution in [0.5, 0.6) is 11.5 Å². The van der Waals surface area contributed by atoms with Crippen molar-refractivity contribution in [2.24, 2.45) is 0 Å². The van der Waals surface area contributed by atoms with Crippen molar-refractivity contribution in [3.8, 4) is 11.5 Å². The first-order chi connectivity index (χ1) is 9.67. The molecule has 0 heterocycles. The highest BCUT2D eigenvalue weighted by molar-refractivity contribution is 6.22. The van der Waals surface area contributed by atoms with Gasteiger partial charge in [0.2, 0.25) is 0 Å². The summed E-state index contributed by atoms with van der Waals surface area (Å²) in [5.74, 6) is 0.492. The lowest BCUT2D eigenvalue weighted by Gasteiger charge is -2.15. The van der Waals surface area contributed by atoms with Crippen molar-refractivity contribution in [1.82, 2.24) is 0 Å². The van der Waals surface area contributed by atoms with E-state index in [1.165, 1.54) is 13.2 Å². The molecule has 0 aliphatic rings. The Hall–Kier alpha value is -1.74. The lowest BCUT2D eigenvalue weighted by molar-refractivity contribution is 0.337. The zero-order chi connectivity index (χ0) is 14.5. The summed E-state index contributed by atoms with van der Waals surface area (Å²) in [6.07, 6.45) is 0. The maximum absolute atomic E-state index is 13.8. The summed E-state index contributed by atoms with van der Waals surface area (Å²) in [5, 5.41) is -0.474. The molecule has 2 rings (SSSR count). The van der Waals surface area contributed by atoms with Crippen LogP contribution in [0.25, 0.3) is 0 Å². The third-order valence-electron chi connectivity index (χ3n) is 2.96. The summed E-state index contributed by atoms with van der Waals surface area (Å²) in [6.45, 7) is 2.46. The Kier molecular flexibility index (Phi) is 4.85. The van der Waals surface area contributed by atoms with E-state index in [0.717, 1.165) is 5.56 Å². The Balaban J connectivity index is 2.36. The summed E-state index contributed by atoms with van der Waals surface area (Å²) in [7, 11) is 1.43. The average molecular weight is 295 g/mol. The van der Waals surface area contributed by atoms with Gasteiger partial charge in [0, 0.05) is 5.56 Å². The van der Waals surface area contributed by atoms with Crippen LogP contribution in [0.1, 0.15) is 23.4 Å². The molecular weight excluding hydrogens is 279 g/mol. The van der Waals surface area contributed by atoms with Crippen LogP contribution in [0.4, 0.5) is 4.39 Å². The minimum atomic E-state index is -0.474. The summed E-state index contributed by atoms with van der Waals surface area (Å²) < 4.78 is 24.2. The first-order valence-electron chi connectivity index (χ1n) is 6.36. The molecule has 1 atom stereocenters. The smallest absolute Gasteiger partial charge is 0.165 e. The fraction of sp³-hybridized carbons (Fsp3) is 0.250. The summed E-state index contributed by atoms with van der Waals surface area (Å²) in [6, 6.07) is 12.2. The molecule has 0 amide bonds. The number of hydrogen-bond donors (Lipinski definition) is 0. The second-order valence-electron chi connectivity index (χ2n) is 4.23. The number of rotatable bonds is 5. The van der Waals surface area contributed by atoms with Gasteiger partial charge in [-0.3, -0.25) is 0 Å². The highest BCUT2D eigenvalue weighted by atomic mass is 35.5. The van der Waals surface area contributed by atoms with Crippen LogP contribution in [0.3, 0.4) is 0 Å². The van der Waals surface area contributed by atoms with Gasteiger partial charge in [-0.05, 0) is 30.7 Å². The molecule has 2 aromatic carbocycles. The Morgan fingerprint density at radius 2 is 1.90 bits per heavy atom. The van der Waals surface area contributed by atoms with E-state index in [4.69, 9.17) is 21.1 Å². The van der Waals surface area contributed by atoms with Crippen molar-refractivity contribution in [3.05, 3.63) is 59.4 Å². The molecule has 0 saturated carbocycles. The first kappa shape index (κ1) is 14.7. The Morgan fingerprint density at radius 1 is 1.15 bits per heavy atom. The van der Waals surface area contributed by atoms with Gasteiger partial charge >= 0.3 is 0 Å². The Bertz CT molecular complexity index is 586. The number of halogens is 2. The number of methoxy groups -OCH3 is 1. The number of hydrogen-bond acceptors (Lipinski definition) is 2. The molecule has 0 aromatic heterocycles. The van der Waals surface area contributed by atoms with Gasteiger partial charge < -0.3 is 9.47 Å². The molecule has 0 radical (unpaired) electrons. The molecule has 0 N–H and O–H groups in total. The molecule has 20 heavy (non-hydrogen) atoms. The lowest BCUT2D eigenvalue weighted by atomic mass is 10.0. The third-order valence-corrected chi connectivity index (χ3v) is 3.45. The largest absolute Gasteiger partial charge is 0.494 e. The van der Waals surface area contributed by atoms with Gasteiger partial charge in [-0.25, -0.2) is 4.39 Å². The highest BCUT2D eigenvalue weighted by Crippen LogP contribution is 2.36. The minimum Gasteiger partial charge on any atom is -0.494 e. The van der Waals surface area contributed by atoms with E-state index in [0.29, 0.717) is 17.9 Å². The maximum atomic E-state index is 13.8. The fourth-order valence-electron chi connectivity index (χ4n) is 2.00. The van der Waals surface area contributed by atoms with Crippen molar-refractivity contribution in [2.45, 2.75) is 12.3 Å². The van der Waals surface area contributed by atoms with Gasteiger partial charge in [0.1, 0.15) is 5.75 Å². The number of benzene rings is 2. The molecule has 0 fully saturated rings. The maximum Gasteiger partial charge on any atom is 0.165 e. The van der Waals surface area contributed by atoms with Crippen molar-refractivity contribution < 1.29 is 13.9 Å². The van der Waals surface area contributed by atoms with Gasteiger partial charge in [-0.1, -0.05) is 24.3 Å². The van der Waals surface area contributed by atoms with Gasteiger partial charge in [0.15, 0.2) is 11.6 Å². The highest BCUT2D eigenvalue weighted by Gasteiger charge is 2.17. The van der Waals surface area contributed by atoms with E-state index in [2.05, 4.69) is 0 Å². The fourth-order valence-corrected chi connectivity index (χ4v) is 2.31. The topological polar surface area (TPSA) is 18.5 Å². The summed E-state index contributed by atoms with van der Waals surface area (Å²) in [4.78, 5) is 0. The van der Waals surface area contributed by atoms with Crippen LogP contribution in [-0.2, 0) is 0 Å². The quantitative estimate of drug-likeness (QED) is 0.753. The summed E-state index contributed by atoms with van der Waals surface area (Å²) >= 11 is 6.45. The van der Waals surface area contributed by atoms with Gasteiger partial charge in [-0.2, -0.15) is 0 Å². The average Bonchev–Trinajstić information content (AvgIpc) is 2.47. The van der Waals surface area contributed by atoms with E-state index in [1.807, 2.05) is 31.2 Å². The normalized spacial score (nSPS) is 12.0. The van der Waals surface area contributed by atoms with E-state index in [9.17, 15) is 4.39 Å². The predicted molar refractivity (Wildman–Crippen MR) is 78.3 cm³/mol. The van der Waals surface area contributed by atoms with E-state index < -0.39 is 11.2 Å². The van der Waals surface area contributed by atoms with Crippen LogP contribution in [0.2, 0.25) is 0 Å². The van der Waals surface area contributed by atoms with Gasteiger partial charge in [0.25, 0.3) is 0 Å². The van der Waals surface area contributed by atoms with Crippen molar-refractivity contribution in [2.75, 3.05) is 13.7 Å². The molecule has 4 heteroatoms. The molecular formula is C16H16ClFO2. The molecule has 0 bridgehead atoms. The van der Waals surface area contributed by atoms with Crippen LogP contribution >= 0.6 is 11.6 Å². The van der Waals surface area contributed by atoms with Crippen molar-refractivity contribution in [1.29, 1.82) is 0 Å². The molecule has 1 unspecified atom stereocenters. The zero-order valence-corrected chi connectivity index (χ0v) is 12.2. The molecule has 0 spiro atoms. The number of para-hydroxylation sites is 1. The second kappa shape index (κ2) is 6.62. The van der Waals surface area contributed by atoms with Crippen LogP contribution in [0.15, 0.2) is 42.5 Å². The molecule has 2 aromatic rings. The summed E-state index contributed by atoms with van der Waals surface area (Å²) in [5.41, 5.74) is 1.48. The first-order valence-corrected chi connectivity index (χ1v) is 6.80. The van der Waals surface area contributed by atoms with Crippen molar-refractivity contribution in [3.63, 3.8) is 0 Å². The van der Waals surface area contributed by atoms with E-state index >= 15 is 0 Å². The SMILES string of the molecule is CCOc1ccccc1C(Cl)c1ccc(OC)c(F)c1. The second-order valence-corrected chi connectivity index (χ2v) is 4.66. The van der Waals surface area contributed by atoms with Gasteiger partial charge in [-0.15, -0.1) is 11.6 Å². The van der Waals surface area contributed by atoms with Crippen LogP contribution < -0.4 is 9.47 Å². The molecule has 0 aliphatic carbocycles. The van der Waals surface area contributed by atoms with Crippen LogP contribution in [0, 0.1) is 5.82 Å². The number of alkyl halides is 1. The molecule has 0 saturated heterocycles. The Labute approximate surface area is 123 Å². The molecule has 106 valence electrons. The van der Waals surface area contributed by atoms with E-state index in [-0.39, 0.29) is 5.75 Å². The third kappa shape index (κ3) is 3.05. The van der Waals surface area contributed by atoms with E-state index in [1.54, 1.807) is 12.1 Å². The van der Waals surface area contributed by atoms with Crippen molar-refractivity contribution >= 4 is 11.6 Å². The van der Waals surface area contributed by atoms with Gasteiger partial charge in [0.05, 0.1) is 19.1 Å². The molecule has 2 nitrogen and oxygen atoms in total.